The number of nitrogens with zero attached hydrogens (tertiary/aromatic N) is 1. The smallest absolute Gasteiger partial charge is 0.288 e. The maximum absolute atomic E-state index is 12.0. The zero-order chi connectivity index (χ0) is 14.7. The van der Waals surface area contributed by atoms with E-state index in [0.717, 1.165) is 6.07 Å². The molecular weight excluding hydrogens is 284 g/mol. The normalized spacial score (nSPS) is 11.9. The number of carbonyl (C=O) groups is 1. The van der Waals surface area contributed by atoms with Crippen LogP contribution in [0.5, 0.6) is 0 Å². The molecule has 6 nitrogen and oxygen atoms in total. The predicted octanol–water partition coefficient (Wildman–Crippen LogP) is 3.33. The van der Waals surface area contributed by atoms with Gasteiger partial charge >= 0.3 is 0 Å². The number of hydrogen-bond acceptors (Lipinski definition) is 4. The molecule has 0 fully saturated rings. The summed E-state index contributed by atoms with van der Waals surface area (Å²) in [6.45, 7) is 1.75. The van der Waals surface area contributed by atoms with Gasteiger partial charge < -0.3 is 9.73 Å². The Hall–Kier alpha value is -2.34. The molecular formula is C13H11ClN2O4. The van der Waals surface area contributed by atoms with Crippen LogP contribution in [0.4, 0.5) is 5.69 Å². The van der Waals surface area contributed by atoms with Gasteiger partial charge in [0.2, 0.25) is 0 Å². The second kappa shape index (κ2) is 5.75. The highest BCUT2D eigenvalue weighted by Crippen LogP contribution is 2.25. The maximum atomic E-state index is 12.0. The van der Waals surface area contributed by atoms with Crippen LogP contribution in [0.1, 0.15) is 29.1 Å². The number of furan rings is 1. The summed E-state index contributed by atoms with van der Waals surface area (Å²) < 4.78 is 5.17. The number of rotatable bonds is 4. The predicted molar refractivity (Wildman–Crippen MR) is 72.7 cm³/mol. The van der Waals surface area contributed by atoms with Crippen molar-refractivity contribution in [1.82, 2.24) is 5.32 Å². The van der Waals surface area contributed by atoms with Crippen LogP contribution in [0.2, 0.25) is 5.02 Å². The summed E-state index contributed by atoms with van der Waals surface area (Å²) in [5, 5.41) is 13.5. The van der Waals surface area contributed by atoms with Crippen molar-refractivity contribution < 1.29 is 14.1 Å². The van der Waals surface area contributed by atoms with E-state index < -0.39 is 10.8 Å². The molecule has 0 aliphatic rings. The molecule has 1 aromatic heterocycles. The Kier molecular flexibility index (Phi) is 4.05. The molecule has 0 bridgehead atoms. The third kappa shape index (κ3) is 2.97. The van der Waals surface area contributed by atoms with Crippen LogP contribution in [0.15, 0.2) is 41.0 Å². The summed E-state index contributed by atoms with van der Waals surface area (Å²) in [7, 11) is 0. The van der Waals surface area contributed by atoms with Crippen LogP contribution in [0.3, 0.4) is 0 Å². The second-order valence-corrected chi connectivity index (χ2v) is 4.54. The molecule has 104 valence electrons. The summed E-state index contributed by atoms with van der Waals surface area (Å²) in [6.07, 6.45) is 1.51. The van der Waals surface area contributed by atoms with Crippen molar-refractivity contribution in [3.8, 4) is 0 Å². The number of benzene rings is 1. The van der Waals surface area contributed by atoms with E-state index in [1.165, 1.54) is 18.4 Å². The van der Waals surface area contributed by atoms with Crippen LogP contribution in [0, 0.1) is 10.1 Å². The second-order valence-electron chi connectivity index (χ2n) is 4.13. The third-order valence-electron chi connectivity index (χ3n) is 2.72. The molecule has 20 heavy (non-hydrogen) atoms. The Balaban J connectivity index is 2.17. The molecule has 1 N–H and O–H groups in total. The number of nitro groups is 1. The lowest BCUT2D eigenvalue weighted by molar-refractivity contribution is -0.384. The Labute approximate surface area is 119 Å². The molecule has 0 spiro atoms. The maximum Gasteiger partial charge on any atom is 0.288 e. The average Bonchev–Trinajstić information content (AvgIpc) is 2.92. The fraction of sp³-hybridized carbons (Fsp3) is 0.154. The first-order valence-corrected chi connectivity index (χ1v) is 6.15. The van der Waals surface area contributed by atoms with Crippen molar-refractivity contribution >= 4 is 23.2 Å². The summed E-state index contributed by atoms with van der Waals surface area (Å²) >= 11 is 5.69. The van der Waals surface area contributed by atoms with Gasteiger partial charge in [-0.25, -0.2) is 0 Å². The molecule has 0 saturated carbocycles. The highest BCUT2D eigenvalue weighted by molar-refractivity contribution is 6.32. The van der Waals surface area contributed by atoms with Gasteiger partial charge in [0.25, 0.3) is 11.6 Å². The van der Waals surface area contributed by atoms with Gasteiger partial charge in [-0.05, 0) is 31.2 Å². The number of hydrogen-bond donors (Lipinski definition) is 1. The average molecular weight is 295 g/mol. The summed E-state index contributed by atoms with van der Waals surface area (Å²) in [4.78, 5) is 22.2. The van der Waals surface area contributed by atoms with Gasteiger partial charge in [0, 0.05) is 11.6 Å². The monoisotopic (exact) mass is 294 g/mol. The van der Waals surface area contributed by atoms with E-state index >= 15 is 0 Å². The number of carbonyl (C=O) groups excluding carboxylic acids is 1. The minimum atomic E-state index is -0.630. The van der Waals surface area contributed by atoms with Crippen molar-refractivity contribution in [1.29, 1.82) is 0 Å². The molecule has 0 aliphatic heterocycles. The van der Waals surface area contributed by atoms with Gasteiger partial charge in [-0.1, -0.05) is 11.6 Å². The highest BCUT2D eigenvalue weighted by Gasteiger charge is 2.18. The van der Waals surface area contributed by atoms with Crippen molar-refractivity contribution in [3.05, 3.63) is 63.1 Å². The molecule has 1 heterocycles. The molecule has 0 aliphatic carbocycles. The number of nitro benzene ring substituents is 1. The Bertz CT molecular complexity index is 640. The molecule has 2 rings (SSSR count). The summed E-state index contributed by atoms with van der Waals surface area (Å²) in [6, 6.07) is 7.01. The van der Waals surface area contributed by atoms with Crippen molar-refractivity contribution in [2.75, 3.05) is 0 Å². The minimum absolute atomic E-state index is 0.00867. The SMILES string of the molecule is CC(NC(=O)c1ccc(Cl)c([N+](=O)[O-])c1)c1ccco1. The van der Waals surface area contributed by atoms with Crippen LogP contribution in [-0.2, 0) is 0 Å². The molecule has 2 aromatic rings. The first-order chi connectivity index (χ1) is 9.49. The van der Waals surface area contributed by atoms with Crippen molar-refractivity contribution in [2.45, 2.75) is 13.0 Å². The molecule has 1 unspecified atom stereocenters. The first-order valence-electron chi connectivity index (χ1n) is 5.77. The zero-order valence-corrected chi connectivity index (χ0v) is 11.3. The van der Waals surface area contributed by atoms with E-state index in [9.17, 15) is 14.9 Å². The van der Waals surface area contributed by atoms with Crippen molar-refractivity contribution in [3.63, 3.8) is 0 Å². The fourth-order valence-corrected chi connectivity index (χ4v) is 1.87. The van der Waals surface area contributed by atoms with Gasteiger partial charge in [0.05, 0.1) is 17.2 Å². The molecule has 0 radical (unpaired) electrons. The Morgan fingerprint density at radius 3 is 2.80 bits per heavy atom. The highest BCUT2D eigenvalue weighted by atomic mass is 35.5. The number of halogens is 1. The molecule has 1 aromatic carbocycles. The quantitative estimate of drug-likeness (QED) is 0.692. The van der Waals surface area contributed by atoms with Crippen LogP contribution in [0.25, 0.3) is 0 Å². The van der Waals surface area contributed by atoms with Crippen LogP contribution in [-0.4, -0.2) is 10.8 Å². The Morgan fingerprint density at radius 2 is 2.20 bits per heavy atom. The molecule has 1 amide bonds. The van der Waals surface area contributed by atoms with E-state index in [-0.39, 0.29) is 22.3 Å². The van der Waals surface area contributed by atoms with Crippen molar-refractivity contribution in [2.24, 2.45) is 0 Å². The first kappa shape index (κ1) is 14.1. The third-order valence-corrected chi connectivity index (χ3v) is 3.04. The lowest BCUT2D eigenvalue weighted by Crippen LogP contribution is -2.26. The van der Waals surface area contributed by atoms with Gasteiger partial charge in [-0.2, -0.15) is 0 Å². The minimum Gasteiger partial charge on any atom is -0.467 e. The number of amides is 1. The standard InChI is InChI=1S/C13H11ClN2O4/c1-8(12-3-2-6-20-12)15-13(17)9-4-5-10(14)11(7-9)16(18)19/h2-8H,1H3,(H,15,17). The van der Waals surface area contributed by atoms with E-state index in [1.54, 1.807) is 19.1 Å². The lowest BCUT2D eigenvalue weighted by Gasteiger charge is -2.11. The van der Waals surface area contributed by atoms with E-state index in [0.29, 0.717) is 5.76 Å². The topological polar surface area (TPSA) is 85.4 Å². The van der Waals surface area contributed by atoms with Gasteiger partial charge in [-0.3, -0.25) is 14.9 Å². The molecule has 1 atom stereocenters. The van der Waals surface area contributed by atoms with E-state index in [2.05, 4.69) is 5.32 Å². The van der Waals surface area contributed by atoms with Crippen LogP contribution < -0.4 is 5.32 Å². The van der Waals surface area contributed by atoms with E-state index in [4.69, 9.17) is 16.0 Å². The van der Waals surface area contributed by atoms with Gasteiger partial charge in [0.15, 0.2) is 0 Å². The molecule has 7 heteroatoms. The zero-order valence-electron chi connectivity index (χ0n) is 10.5. The van der Waals surface area contributed by atoms with Crippen LogP contribution >= 0.6 is 11.6 Å². The fourth-order valence-electron chi connectivity index (χ4n) is 1.68. The Morgan fingerprint density at radius 1 is 1.45 bits per heavy atom. The number of nitrogens with one attached hydrogen (secondary N) is 1. The lowest BCUT2D eigenvalue weighted by atomic mass is 10.1. The van der Waals surface area contributed by atoms with E-state index in [1.807, 2.05) is 0 Å². The summed E-state index contributed by atoms with van der Waals surface area (Å²) in [5.41, 5.74) is -0.135. The van der Waals surface area contributed by atoms with Gasteiger partial charge in [-0.15, -0.1) is 0 Å². The largest absolute Gasteiger partial charge is 0.467 e. The molecule has 0 saturated heterocycles. The summed E-state index contributed by atoms with van der Waals surface area (Å²) in [5.74, 6) is 0.162. The van der Waals surface area contributed by atoms with Gasteiger partial charge in [0.1, 0.15) is 10.8 Å².